The number of carbonyl (C=O) groups is 1. The molecule has 1 aliphatic rings. The lowest BCUT2D eigenvalue weighted by Crippen LogP contribution is -2.50. The van der Waals surface area contributed by atoms with Crippen LogP contribution in [0, 0.1) is 5.82 Å². The van der Waals surface area contributed by atoms with Crippen LogP contribution in [-0.2, 0) is 16.3 Å². The summed E-state index contributed by atoms with van der Waals surface area (Å²) in [6.45, 7) is 1.34. The summed E-state index contributed by atoms with van der Waals surface area (Å²) in [6.07, 6.45) is -3.41. The van der Waals surface area contributed by atoms with Crippen LogP contribution >= 0.6 is 11.6 Å². The zero-order valence-corrected chi connectivity index (χ0v) is 19.2. The maximum Gasteiger partial charge on any atom is 0.416 e. The molecule has 1 N–H and O–H groups in total. The first kappa shape index (κ1) is 24.9. The molecule has 0 aliphatic carbocycles. The van der Waals surface area contributed by atoms with E-state index in [1.807, 2.05) is 0 Å². The summed E-state index contributed by atoms with van der Waals surface area (Å²) in [5, 5.41) is 3.16. The van der Waals surface area contributed by atoms with Gasteiger partial charge in [-0.1, -0.05) is 41.9 Å². The van der Waals surface area contributed by atoms with E-state index in [1.54, 1.807) is 47.4 Å². The summed E-state index contributed by atoms with van der Waals surface area (Å²) < 4.78 is 60.9. The van der Waals surface area contributed by atoms with Crippen LogP contribution in [0.15, 0.2) is 66.9 Å². The van der Waals surface area contributed by atoms with Gasteiger partial charge < -0.3 is 15.0 Å². The summed E-state index contributed by atoms with van der Waals surface area (Å²) in [6, 6.07) is 13.7. The minimum Gasteiger partial charge on any atom is -0.378 e. The average Bonchev–Trinajstić information content (AvgIpc) is 2.85. The van der Waals surface area contributed by atoms with Crippen LogP contribution in [0.3, 0.4) is 0 Å². The minimum atomic E-state index is -4.77. The molecule has 1 unspecified atom stereocenters. The molecule has 1 atom stereocenters. The number of hydrogen-bond acceptors (Lipinski definition) is 3. The third-order valence-corrected chi connectivity index (χ3v) is 6.18. The van der Waals surface area contributed by atoms with Crippen molar-refractivity contribution in [3.63, 3.8) is 0 Å². The second kappa shape index (κ2) is 10.2. The van der Waals surface area contributed by atoms with Crippen molar-refractivity contribution in [2.75, 3.05) is 32.8 Å². The monoisotopic (exact) mass is 507 g/mol. The number of rotatable bonds is 5. The van der Waals surface area contributed by atoms with E-state index in [9.17, 15) is 22.4 Å². The Morgan fingerprint density at radius 1 is 1.00 bits per heavy atom. The molecule has 0 saturated carbocycles. The van der Waals surface area contributed by atoms with Crippen molar-refractivity contribution in [2.24, 2.45) is 0 Å². The molecule has 184 valence electrons. The number of urea groups is 1. The lowest BCUT2D eigenvalue weighted by atomic mass is 9.71. The van der Waals surface area contributed by atoms with Gasteiger partial charge in [0.05, 0.1) is 34.9 Å². The van der Waals surface area contributed by atoms with Crippen LogP contribution in [0.1, 0.15) is 22.4 Å². The Hall–Kier alpha value is -3.17. The molecule has 0 radical (unpaired) electrons. The average molecular weight is 508 g/mol. The Balaban J connectivity index is 1.89. The quantitative estimate of drug-likeness (QED) is 0.479. The highest BCUT2D eigenvalue weighted by molar-refractivity contribution is 6.30. The van der Waals surface area contributed by atoms with Crippen molar-refractivity contribution in [3.8, 4) is 0 Å². The fourth-order valence-corrected chi connectivity index (χ4v) is 4.31. The topological polar surface area (TPSA) is 54.5 Å². The second-order valence-corrected chi connectivity index (χ2v) is 8.55. The minimum absolute atomic E-state index is 0.00637. The SMILES string of the molecule is O=C(NCC(c1ccccc1)(c1cc(F)cc(C(F)(F)F)c1)c1ccc(Cl)cn1)N1CCOCC1. The summed E-state index contributed by atoms with van der Waals surface area (Å²) in [4.78, 5) is 18.9. The van der Waals surface area contributed by atoms with Crippen LogP contribution in [0.2, 0.25) is 5.02 Å². The van der Waals surface area contributed by atoms with Gasteiger partial charge in [-0.3, -0.25) is 4.98 Å². The van der Waals surface area contributed by atoms with Crippen molar-refractivity contribution < 1.29 is 27.1 Å². The van der Waals surface area contributed by atoms with Crippen molar-refractivity contribution in [1.29, 1.82) is 0 Å². The molecule has 0 bridgehead atoms. The maximum absolute atomic E-state index is 14.6. The van der Waals surface area contributed by atoms with E-state index in [0.717, 1.165) is 12.1 Å². The van der Waals surface area contributed by atoms with Gasteiger partial charge in [-0.15, -0.1) is 0 Å². The first-order valence-corrected chi connectivity index (χ1v) is 11.2. The number of morpholine rings is 1. The molecule has 4 rings (SSSR count). The van der Waals surface area contributed by atoms with E-state index in [2.05, 4.69) is 10.3 Å². The van der Waals surface area contributed by atoms with Gasteiger partial charge >= 0.3 is 12.2 Å². The van der Waals surface area contributed by atoms with Crippen molar-refractivity contribution in [3.05, 3.63) is 100 Å². The normalized spacial score (nSPS) is 16.0. The number of halogens is 5. The van der Waals surface area contributed by atoms with E-state index < -0.39 is 29.0 Å². The van der Waals surface area contributed by atoms with Crippen LogP contribution in [0.4, 0.5) is 22.4 Å². The molecule has 35 heavy (non-hydrogen) atoms. The first-order valence-electron chi connectivity index (χ1n) is 10.9. The highest BCUT2D eigenvalue weighted by Gasteiger charge is 2.41. The first-order chi connectivity index (χ1) is 16.7. The summed E-state index contributed by atoms with van der Waals surface area (Å²) in [5.74, 6) is -1.05. The van der Waals surface area contributed by atoms with Gasteiger partial charge in [-0.2, -0.15) is 13.2 Å². The van der Waals surface area contributed by atoms with Crippen LogP contribution in [-0.4, -0.2) is 48.8 Å². The van der Waals surface area contributed by atoms with Gasteiger partial charge in [0.25, 0.3) is 0 Å². The summed E-state index contributed by atoms with van der Waals surface area (Å²) >= 11 is 6.03. The van der Waals surface area contributed by atoms with E-state index in [1.165, 1.54) is 6.20 Å². The smallest absolute Gasteiger partial charge is 0.378 e. The molecule has 1 fully saturated rings. The third-order valence-electron chi connectivity index (χ3n) is 5.95. The Kier molecular flexibility index (Phi) is 7.28. The number of ether oxygens (including phenoxy) is 1. The molecule has 1 aromatic heterocycles. The Labute approximate surface area is 204 Å². The van der Waals surface area contributed by atoms with E-state index in [0.29, 0.717) is 48.6 Å². The predicted octanol–water partition coefficient (Wildman–Crippen LogP) is 5.27. The van der Waals surface area contributed by atoms with Gasteiger partial charge in [0.1, 0.15) is 5.82 Å². The molecular formula is C25H22ClF4N3O2. The molecule has 1 aliphatic heterocycles. The molecule has 10 heteroatoms. The molecule has 2 amide bonds. The van der Waals surface area contributed by atoms with Crippen molar-refractivity contribution >= 4 is 17.6 Å². The lowest BCUT2D eigenvalue weighted by Gasteiger charge is -2.36. The maximum atomic E-state index is 14.6. The lowest BCUT2D eigenvalue weighted by molar-refractivity contribution is -0.137. The molecule has 0 spiro atoms. The van der Waals surface area contributed by atoms with Gasteiger partial charge in [-0.05, 0) is 41.5 Å². The molecule has 3 aromatic rings. The third kappa shape index (κ3) is 5.41. The fourth-order valence-electron chi connectivity index (χ4n) is 4.19. The number of aromatic nitrogens is 1. The fraction of sp³-hybridized carbons (Fsp3) is 0.280. The number of amides is 2. The molecule has 1 saturated heterocycles. The predicted molar refractivity (Wildman–Crippen MR) is 123 cm³/mol. The zero-order chi connectivity index (χ0) is 25.1. The number of carbonyl (C=O) groups excluding carboxylic acids is 1. The summed E-state index contributed by atoms with van der Waals surface area (Å²) in [5.41, 5.74) is -1.77. The highest BCUT2D eigenvalue weighted by atomic mass is 35.5. The van der Waals surface area contributed by atoms with Crippen LogP contribution < -0.4 is 5.32 Å². The second-order valence-electron chi connectivity index (χ2n) is 8.12. The molecule has 5 nitrogen and oxygen atoms in total. The van der Waals surface area contributed by atoms with Crippen molar-refractivity contribution in [1.82, 2.24) is 15.2 Å². The Bertz CT molecular complexity index is 1170. The molecular weight excluding hydrogens is 486 g/mol. The number of hydrogen-bond donors (Lipinski definition) is 1. The number of pyridine rings is 1. The summed E-state index contributed by atoms with van der Waals surface area (Å²) in [7, 11) is 0. The van der Waals surface area contributed by atoms with Gasteiger partial charge in [0.15, 0.2) is 0 Å². The molecule has 2 heterocycles. The van der Waals surface area contributed by atoms with E-state index in [4.69, 9.17) is 16.3 Å². The van der Waals surface area contributed by atoms with Gasteiger partial charge in [-0.25, -0.2) is 9.18 Å². The number of alkyl halides is 3. The van der Waals surface area contributed by atoms with Crippen LogP contribution in [0.25, 0.3) is 0 Å². The zero-order valence-electron chi connectivity index (χ0n) is 18.5. The van der Waals surface area contributed by atoms with Crippen LogP contribution in [0.5, 0.6) is 0 Å². The number of benzene rings is 2. The highest BCUT2D eigenvalue weighted by Crippen LogP contribution is 2.41. The standard InChI is InChI=1S/C25H22ClF4N3O2/c26-20-6-7-22(31-15-20)24(17-4-2-1-3-5-17,16-32-23(34)33-8-10-35-11-9-33)18-12-19(25(28,29)30)14-21(27)13-18/h1-7,12-15H,8-11,16H2,(H,32,34). The largest absolute Gasteiger partial charge is 0.416 e. The van der Waals surface area contributed by atoms with Gasteiger partial charge in [0.2, 0.25) is 0 Å². The van der Waals surface area contributed by atoms with Gasteiger partial charge in [0, 0.05) is 25.8 Å². The molecule has 2 aromatic carbocycles. The van der Waals surface area contributed by atoms with E-state index in [-0.39, 0.29) is 12.1 Å². The Morgan fingerprint density at radius 3 is 2.31 bits per heavy atom. The number of nitrogens with zero attached hydrogens (tertiary/aromatic N) is 2. The van der Waals surface area contributed by atoms with E-state index >= 15 is 0 Å². The van der Waals surface area contributed by atoms with Crippen molar-refractivity contribution in [2.45, 2.75) is 11.6 Å². The number of nitrogens with one attached hydrogen (secondary N) is 1. The Morgan fingerprint density at radius 2 is 1.69 bits per heavy atom.